The molecule has 2 N–H and O–H groups in total. The van der Waals surface area contributed by atoms with Gasteiger partial charge in [-0.3, -0.25) is 0 Å². The summed E-state index contributed by atoms with van der Waals surface area (Å²) in [5.74, 6) is 0. The Kier molecular flexibility index (Phi) is 4.73. The van der Waals surface area contributed by atoms with E-state index >= 15 is 0 Å². The number of aromatic amines is 1. The van der Waals surface area contributed by atoms with Crippen LogP contribution in [0.2, 0.25) is 3.43 Å². The van der Waals surface area contributed by atoms with Crippen molar-refractivity contribution < 1.29 is 0 Å². The summed E-state index contributed by atoms with van der Waals surface area (Å²) in [4.78, 5) is 4.68. The van der Waals surface area contributed by atoms with Crippen molar-refractivity contribution in [1.82, 2.24) is 15.2 Å². The van der Waals surface area contributed by atoms with Crippen LogP contribution in [0.15, 0.2) is 24.5 Å². The van der Waals surface area contributed by atoms with Gasteiger partial charge in [0.1, 0.15) is 0 Å². The van der Waals surface area contributed by atoms with Crippen LogP contribution < -0.4 is 9.03 Å². The fraction of sp³-hybridized carbons (Fsp3) is 0.467. The molecule has 20 heavy (non-hydrogen) atoms. The molecule has 2 radical (unpaired) electrons. The molecule has 0 fully saturated rings. The van der Waals surface area contributed by atoms with Crippen molar-refractivity contribution in [2.75, 3.05) is 5.32 Å². The van der Waals surface area contributed by atoms with Crippen LogP contribution in [-0.2, 0) is 0 Å². The van der Waals surface area contributed by atoms with Gasteiger partial charge in [-0.2, -0.15) is 0 Å². The molecule has 0 saturated carbocycles. The van der Waals surface area contributed by atoms with Gasteiger partial charge in [-0.15, -0.1) is 0 Å². The first-order chi connectivity index (χ1) is 9.35. The number of nitrogens with zero attached hydrogens (tertiary/aromatic N) is 2. The van der Waals surface area contributed by atoms with Gasteiger partial charge in [0.25, 0.3) is 0 Å². The van der Waals surface area contributed by atoms with E-state index in [1.165, 1.54) is 3.71 Å². The first-order valence-electron chi connectivity index (χ1n) is 6.90. The minimum atomic E-state index is -0.690. The van der Waals surface area contributed by atoms with Crippen molar-refractivity contribution in [2.24, 2.45) is 0 Å². The molecule has 0 aromatic carbocycles. The second kappa shape index (κ2) is 6.16. The van der Waals surface area contributed by atoms with Crippen LogP contribution in [0, 0.1) is 0 Å². The fourth-order valence-corrected chi connectivity index (χ4v) is 5.14. The van der Waals surface area contributed by atoms with Crippen LogP contribution in [-0.4, -0.2) is 42.4 Å². The van der Waals surface area contributed by atoms with Gasteiger partial charge < -0.3 is 0 Å². The third-order valence-corrected chi connectivity index (χ3v) is 6.29. The van der Waals surface area contributed by atoms with Crippen molar-refractivity contribution in [2.45, 2.75) is 44.1 Å². The van der Waals surface area contributed by atoms with Gasteiger partial charge in [0.2, 0.25) is 0 Å². The number of anilines is 1. The summed E-state index contributed by atoms with van der Waals surface area (Å²) in [7, 11) is 0. The van der Waals surface area contributed by atoms with E-state index in [4.69, 9.17) is 0 Å². The quantitative estimate of drug-likeness (QED) is 0.806. The molecule has 5 heteroatoms. The first kappa shape index (κ1) is 15.3. The van der Waals surface area contributed by atoms with Crippen LogP contribution in [0.1, 0.15) is 34.6 Å². The molecule has 0 saturated heterocycles. The molecule has 2 aromatic heterocycles. The zero-order valence-corrected chi connectivity index (χ0v) is 15.6. The van der Waals surface area contributed by atoms with E-state index < -0.39 is 21.1 Å². The molecule has 0 aliphatic heterocycles. The zero-order valence-electron chi connectivity index (χ0n) is 12.8. The molecule has 0 amide bonds. The second-order valence-corrected chi connectivity index (χ2v) is 12.7. The predicted molar refractivity (Wildman–Crippen MR) is 85.7 cm³/mol. The Morgan fingerprint density at radius 2 is 2.05 bits per heavy atom. The number of aromatic nitrogens is 3. The molecule has 0 unspecified atom stereocenters. The van der Waals surface area contributed by atoms with Crippen molar-refractivity contribution in [1.29, 1.82) is 0 Å². The van der Waals surface area contributed by atoms with Gasteiger partial charge in [-0.1, -0.05) is 0 Å². The standard InChI is InChI=1S/C11H13N4.C4H9.Sn/c1-8(2)14-10-3-5-12-7-9(10)11-4-6-13-15-11;1-4(2)3;/h3-4,6-8H,1-2H3,(H,12,14)(H,13,15);1-3H3;. The van der Waals surface area contributed by atoms with Crippen molar-refractivity contribution >= 4 is 30.5 Å². The molecular weight excluding hydrogens is 355 g/mol. The summed E-state index contributed by atoms with van der Waals surface area (Å²) in [5, 5.41) is 10.6. The number of pyridine rings is 1. The van der Waals surface area contributed by atoms with E-state index in [0.29, 0.717) is 9.47 Å². The second-order valence-electron chi connectivity index (χ2n) is 6.26. The normalized spacial score (nSPS) is 11.9. The van der Waals surface area contributed by atoms with Gasteiger partial charge in [0, 0.05) is 0 Å². The van der Waals surface area contributed by atoms with E-state index in [9.17, 15) is 0 Å². The topological polar surface area (TPSA) is 53.6 Å². The van der Waals surface area contributed by atoms with Gasteiger partial charge in [-0.25, -0.2) is 0 Å². The van der Waals surface area contributed by atoms with Crippen LogP contribution in [0.4, 0.5) is 5.69 Å². The van der Waals surface area contributed by atoms with E-state index in [0.717, 1.165) is 16.9 Å². The van der Waals surface area contributed by atoms with E-state index in [1.54, 1.807) is 6.20 Å². The Bertz CT molecular complexity index is 556. The summed E-state index contributed by atoms with van der Waals surface area (Å²) >= 11 is -0.690. The Balaban J connectivity index is 2.38. The Morgan fingerprint density at radius 3 is 2.60 bits per heavy atom. The summed E-state index contributed by atoms with van der Waals surface area (Å²) in [6, 6.07) is 4.60. The summed E-state index contributed by atoms with van der Waals surface area (Å²) in [6.45, 7) is 11.2. The van der Waals surface area contributed by atoms with Crippen molar-refractivity contribution in [3.63, 3.8) is 0 Å². The summed E-state index contributed by atoms with van der Waals surface area (Å²) in [5.41, 5.74) is 3.25. The number of nitrogens with one attached hydrogen (secondary N) is 2. The molecule has 0 aliphatic carbocycles. The van der Waals surface area contributed by atoms with Gasteiger partial charge in [0.05, 0.1) is 0 Å². The van der Waals surface area contributed by atoms with Gasteiger partial charge in [0.15, 0.2) is 0 Å². The molecule has 0 atom stereocenters. The van der Waals surface area contributed by atoms with Crippen molar-refractivity contribution in [3.8, 4) is 11.3 Å². The van der Waals surface area contributed by atoms with Crippen molar-refractivity contribution in [3.05, 3.63) is 24.5 Å². The Morgan fingerprint density at radius 1 is 1.30 bits per heavy atom. The predicted octanol–water partition coefficient (Wildman–Crippen LogP) is 2.84. The number of rotatable bonds is 4. The molecule has 2 rings (SSSR count). The SMILES string of the molecule is CC(C)Nc1c[c]([Sn][C](C)(C)C)ncc1-c1ccn[nH]1. The molecule has 4 nitrogen and oxygen atoms in total. The van der Waals surface area contributed by atoms with E-state index in [1.807, 2.05) is 12.3 Å². The van der Waals surface area contributed by atoms with Gasteiger partial charge >= 0.3 is 131 Å². The average molecular weight is 377 g/mol. The zero-order chi connectivity index (χ0) is 14.8. The minimum absolute atomic E-state index is 0.395. The average Bonchev–Trinajstić information content (AvgIpc) is 2.79. The van der Waals surface area contributed by atoms with Crippen LogP contribution in [0.5, 0.6) is 0 Å². The molecule has 2 aromatic rings. The molecular formula is C15H22N4Sn. The fourth-order valence-electron chi connectivity index (χ4n) is 1.96. The summed E-state index contributed by atoms with van der Waals surface area (Å²) in [6.07, 6.45) is 3.74. The molecule has 0 aliphatic rings. The molecule has 0 spiro atoms. The number of hydrogen-bond acceptors (Lipinski definition) is 3. The van der Waals surface area contributed by atoms with E-state index in [2.05, 4.69) is 61.2 Å². The third kappa shape index (κ3) is 4.23. The summed E-state index contributed by atoms with van der Waals surface area (Å²) < 4.78 is 1.69. The van der Waals surface area contributed by atoms with E-state index in [-0.39, 0.29) is 0 Å². The molecule has 2 heterocycles. The maximum atomic E-state index is 4.68. The molecule has 106 valence electrons. The number of hydrogen-bond donors (Lipinski definition) is 2. The van der Waals surface area contributed by atoms with Crippen LogP contribution in [0.3, 0.4) is 0 Å². The first-order valence-corrected chi connectivity index (χ1v) is 9.75. The Labute approximate surface area is 131 Å². The monoisotopic (exact) mass is 378 g/mol. The Hall–Kier alpha value is -1.04. The maximum absolute atomic E-state index is 4.68. The third-order valence-electron chi connectivity index (χ3n) is 2.64. The number of H-pyrrole nitrogens is 1. The molecule has 0 bridgehead atoms. The van der Waals surface area contributed by atoms with Crippen LogP contribution in [0.25, 0.3) is 11.3 Å². The van der Waals surface area contributed by atoms with Gasteiger partial charge in [-0.05, 0) is 0 Å². The van der Waals surface area contributed by atoms with Crippen LogP contribution >= 0.6 is 0 Å².